The molecule has 2 atom stereocenters. The van der Waals surface area contributed by atoms with Crippen molar-refractivity contribution in [2.24, 2.45) is 13.0 Å². The number of amides is 1. The maximum Gasteiger partial charge on any atom is 0.259 e. The molecule has 2 aromatic carbocycles. The normalized spacial score (nSPS) is 18.6. The Hall–Kier alpha value is -4.34. The Morgan fingerprint density at radius 2 is 1.76 bits per heavy atom. The molecule has 0 radical (unpaired) electrons. The van der Waals surface area contributed by atoms with Crippen LogP contribution >= 0.6 is 0 Å². The van der Waals surface area contributed by atoms with Gasteiger partial charge in [0.1, 0.15) is 11.3 Å². The minimum atomic E-state index is -0.565. The Bertz CT molecular complexity index is 1590. The highest BCUT2D eigenvalue weighted by atomic mass is 19.1. The molecule has 1 aliphatic carbocycles. The average Bonchev–Trinajstić information content (AvgIpc) is 3.36. The molecule has 1 saturated carbocycles. The summed E-state index contributed by atoms with van der Waals surface area (Å²) in [6.45, 7) is 0.761. The van der Waals surface area contributed by atoms with E-state index in [-0.39, 0.29) is 17.7 Å². The number of piperidine rings is 1. The minimum absolute atomic E-state index is 0.0192. The van der Waals surface area contributed by atoms with Gasteiger partial charge in [-0.25, -0.2) is 4.39 Å². The van der Waals surface area contributed by atoms with Crippen molar-refractivity contribution in [3.05, 3.63) is 60.2 Å². The Balaban J connectivity index is 1.23. The lowest BCUT2D eigenvalue weighted by Gasteiger charge is -2.44. The van der Waals surface area contributed by atoms with Gasteiger partial charge < -0.3 is 24.4 Å². The number of hydrogen-bond acceptors (Lipinski definition) is 7. The standard InChI is InChI=1S/C31H34FN5O4/c1-36-18-22(31(38)37-14-6-8-19-7-4-5-9-25(19)37)30(35-36)34-20-10-11-27(23(32)15-20)41-26-12-13-33-24-17-29(40-3)28(39-2)16-21(24)26/h10-13,15-19,25H,4-9,14H2,1-3H3,(H,34,35). The van der Waals surface area contributed by atoms with Gasteiger partial charge in [-0.05, 0) is 55.9 Å². The monoisotopic (exact) mass is 559 g/mol. The number of hydrogen-bond donors (Lipinski definition) is 1. The molecule has 0 bridgehead atoms. The Morgan fingerprint density at radius 3 is 2.56 bits per heavy atom. The van der Waals surface area contributed by atoms with Crippen LogP contribution in [0.25, 0.3) is 10.9 Å². The second-order valence-electron chi connectivity index (χ2n) is 10.7. The maximum atomic E-state index is 15.3. The smallest absolute Gasteiger partial charge is 0.259 e. The first-order valence-corrected chi connectivity index (χ1v) is 14.0. The van der Waals surface area contributed by atoms with Crippen molar-refractivity contribution in [3.63, 3.8) is 0 Å². The summed E-state index contributed by atoms with van der Waals surface area (Å²) < 4.78 is 33.7. The first-order valence-electron chi connectivity index (χ1n) is 14.0. The number of carbonyl (C=O) groups excluding carboxylic acids is 1. The molecule has 4 aromatic rings. The molecule has 2 aliphatic rings. The van der Waals surface area contributed by atoms with Crippen LogP contribution in [-0.2, 0) is 7.05 Å². The topological polar surface area (TPSA) is 90.7 Å². The van der Waals surface area contributed by atoms with Crippen molar-refractivity contribution < 1.29 is 23.4 Å². The molecule has 2 unspecified atom stereocenters. The average molecular weight is 560 g/mol. The van der Waals surface area contributed by atoms with Crippen molar-refractivity contribution in [2.75, 3.05) is 26.1 Å². The number of likely N-dealkylation sites (tertiary alicyclic amines) is 1. The summed E-state index contributed by atoms with van der Waals surface area (Å²) >= 11 is 0. The molecular weight excluding hydrogens is 525 g/mol. The molecule has 214 valence electrons. The molecule has 41 heavy (non-hydrogen) atoms. The van der Waals surface area contributed by atoms with E-state index >= 15 is 4.39 Å². The summed E-state index contributed by atoms with van der Waals surface area (Å²) in [5, 5.41) is 8.30. The van der Waals surface area contributed by atoms with Crippen molar-refractivity contribution >= 4 is 28.3 Å². The SMILES string of the molecule is COc1cc2nccc(Oc3ccc(Nc4nn(C)cc4C(=O)N4CCCC5CCCCC54)cc3F)c2cc1OC. The third-order valence-corrected chi connectivity index (χ3v) is 8.18. The van der Waals surface area contributed by atoms with Crippen molar-refractivity contribution in [1.82, 2.24) is 19.7 Å². The molecule has 6 rings (SSSR count). The lowest BCUT2D eigenvalue weighted by atomic mass is 9.78. The highest BCUT2D eigenvalue weighted by Gasteiger charge is 2.37. The number of methoxy groups -OCH3 is 2. The lowest BCUT2D eigenvalue weighted by molar-refractivity contribution is 0.0391. The largest absolute Gasteiger partial charge is 0.493 e. The number of rotatable bonds is 7. The molecule has 2 fully saturated rings. The number of nitrogens with zero attached hydrogens (tertiary/aromatic N) is 4. The highest BCUT2D eigenvalue weighted by molar-refractivity contribution is 5.99. The predicted octanol–water partition coefficient (Wildman–Crippen LogP) is 6.46. The maximum absolute atomic E-state index is 15.3. The number of fused-ring (bicyclic) bond motifs is 2. The van der Waals surface area contributed by atoms with Gasteiger partial charge in [-0.15, -0.1) is 0 Å². The molecular formula is C31H34FN5O4. The second kappa shape index (κ2) is 11.3. The molecule has 9 nitrogen and oxygen atoms in total. The lowest BCUT2D eigenvalue weighted by Crippen LogP contribution is -2.49. The van der Waals surface area contributed by atoms with Gasteiger partial charge in [0.2, 0.25) is 0 Å². The van der Waals surface area contributed by atoms with E-state index in [0.29, 0.717) is 51.1 Å². The number of benzene rings is 2. The minimum Gasteiger partial charge on any atom is -0.493 e. The first-order chi connectivity index (χ1) is 19.9. The molecule has 3 heterocycles. The van der Waals surface area contributed by atoms with E-state index in [1.54, 1.807) is 68.7 Å². The van der Waals surface area contributed by atoms with Gasteiger partial charge >= 0.3 is 0 Å². The number of nitrogens with one attached hydrogen (secondary N) is 1. The quantitative estimate of drug-likeness (QED) is 0.278. The number of carbonyl (C=O) groups is 1. The van der Waals surface area contributed by atoms with E-state index < -0.39 is 5.82 Å². The fraction of sp³-hybridized carbons (Fsp3) is 0.387. The van der Waals surface area contributed by atoms with E-state index in [4.69, 9.17) is 14.2 Å². The molecule has 1 aliphatic heterocycles. The Kier molecular flexibility index (Phi) is 7.38. The summed E-state index contributed by atoms with van der Waals surface area (Å²) in [7, 11) is 4.88. The number of pyridine rings is 1. The number of halogens is 1. The van der Waals surface area contributed by atoms with Gasteiger partial charge in [0.25, 0.3) is 5.91 Å². The van der Waals surface area contributed by atoms with E-state index in [1.165, 1.54) is 25.3 Å². The van der Waals surface area contributed by atoms with Crippen LogP contribution in [0.1, 0.15) is 48.9 Å². The zero-order chi connectivity index (χ0) is 28.5. The second-order valence-corrected chi connectivity index (χ2v) is 10.7. The van der Waals surface area contributed by atoms with E-state index in [0.717, 1.165) is 25.8 Å². The fourth-order valence-electron chi connectivity index (χ4n) is 6.22. The van der Waals surface area contributed by atoms with Crippen molar-refractivity contribution in [1.29, 1.82) is 0 Å². The van der Waals surface area contributed by atoms with Crippen LogP contribution in [0.2, 0.25) is 0 Å². The summed E-state index contributed by atoms with van der Waals surface area (Å²) in [5.74, 6) is 1.93. The molecule has 1 saturated heterocycles. The summed E-state index contributed by atoms with van der Waals surface area (Å²) in [6, 6.07) is 10.0. The fourth-order valence-corrected chi connectivity index (χ4v) is 6.22. The zero-order valence-electron chi connectivity index (χ0n) is 23.5. The molecule has 10 heteroatoms. The number of aryl methyl sites for hydroxylation is 1. The third-order valence-electron chi connectivity index (χ3n) is 8.18. The highest BCUT2D eigenvalue weighted by Crippen LogP contribution is 2.39. The summed E-state index contributed by atoms with van der Waals surface area (Å²) in [4.78, 5) is 20.1. The summed E-state index contributed by atoms with van der Waals surface area (Å²) in [6.07, 6.45) is 10.2. The summed E-state index contributed by atoms with van der Waals surface area (Å²) in [5.41, 5.74) is 1.58. The van der Waals surface area contributed by atoms with Gasteiger partial charge in [-0.3, -0.25) is 14.5 Å². The van der Waals surface area contributed by atoms with Gasteiger partial charge in [0.15, 0.2) is 28.9 Å². The van der Waals surface area contributed by atoms with Crippen LogP contribution in [-0.4, -0.2) is 52.4 Å². The number of anilines is 2. The van der Waals surface area contributed by atoms with Crippen molar-refractivity contribution in [3.8, 4) is 23.0 Å². The van der Waals surface area contributed by atoms with Crippen LogP contribution in [0.5, 0.6) is 23.0 Å². The number of ether oxygens (including phenoxy) is 3. The van der Waals surface area contributed by atoms with E-state index in [2.05, 4.69) is 15.4 Å². The molecule has 0 spiro atoms. The van der Waals surface area contributed by atoms with E-state index in [9.17, 15) is 4.79 Å². The van der Waals surface area contributed by atoms with Crippen LogP contribution in [0.4, 0.5) is 15.9 Å². The van der Waals surface area contributed by atoms with Crippen LogP contribution in [0.15, 0.2) is 48.8 Å². The number of aromatic nitrogens is 3. The van der Waals surface area contributed by atoms with E-state index in [1.807, 2.05) is 4.90 Å². The Labute approximate surface area is 238 Å². The Morgan fingerprint density at radius 1 is 0.976 bits per heavy atom. The zero-order valence-corrected chi connectivity index (χ0v) is 23.5. The van der Waals surface area contributed by atoms with Crippen LogP contribution in [0.3, 0.4) is 0 Å². The van der Waals surface area contributed by atoms with Crippen LogP contribution < -0.4 is 19.5 Å². The van der Waals surface area contributed by atoms with Gasteiger partial charge in [0.05, 0.1) is 19.7 Å². The van der Waals surface area contributed by atoms with Gasteiger partial charge in [0, 0.05) is 55.2 Å². The van der Waals surface area contributed by atoms with Crippen molar-refractivity contribution in [2.45, 2.75) is 44.6 Å². The molecule has 1 N–H and O–H groups in total. The van der Waals surface area contributed by atoms with Gasteiger partial charge in [-0.1, -0.05) is 12.8 Å². The first kappa shape index (κ1) is 26.9. The molecule has 2 aromatic heterocycles. The van der Waals surface area contributed by atoms with Crippen LogP contribution in [0, 0.1) is 11.7 Å². The third kappa shape index (κ3) is 5.26. The molecule has 1 amide bonds. The van der Waals surface area contributed by atoms with Gasteiger partial charge in [-0.2, -0.15) is 5.10 Å². The predicted molar refractivity (Wildman–Crippen MR) is 154 cm³/mol.